The van der Waals surface area contributed by atoms with Crippen molar-refractivity contribution in [1.82, 2.24) is 0 Å². The first-order valence-electron chi connectivity index (χ1n) is 4.82. The van der Waals surface area contributed by atoms with Gasteiger partial charge in [0.1, 0.15) is 0 Å². The van der Waals surface area contributed by atoms with Crippen LogP contribution in [0.15, 0.2) is 0 Å². The summed E-state index contributed by atoms with van der Waals surface area (Å²) in [4.78, 5) is 0. The van der Waals surface area contributed by atoms with Crippen molar-refractivity contribution < 1.29 is 5.11 Å². The second-order valence-electron chi connectivity index (χ2n) is 4.80. The van der Waals surface area contributed by atoms with E-state index in [0.717, 1.165) is 11.5 Å². The lowest BCUT2D eigenvalue weighted by atomic mass is 9.89. The van der Waals surface area contributed by atoms with Crippen molar-refractivity contribution in [3.05, 3.63) is 0 Å². The van der Waals surface area contributed by atoms with Crippen LogP contribution in [-0.4, -0.2) is 29.3 Å². The normalized spacial score (nSPS) is 17.1. The van der Waals surface area contributed by atoms with E-state index in [2.05, 4.69) is 27.7 Å². The monoisotopic (exact) mass is 205 g/mol. The molecule has 2 nitrogen and oxygen atoms in total. The predicted octanol–water partition coefficient (Wildman–Crippen LogP) is 1.72. The van der Waals surface area contributed by atoms with Gasteiger partial charge in [0.25, 0.3) is 0 Å². The van der Waals surface area contributed by atoms with Crippen LogP contribution in [0.4, 0.5) is 0 Å². The van der Waals surface area contributed by atoms with Crippen LogP contribution < -0.4 is 5.73 Å². The lowest BCUT2D eigenvalue weighted by molar-refractivity contribution is 0.250. The summed E-state index contributed by atoms with van der Waals surface area (Å²) in [5.41, 5.74) is 6.19. The number of aliphatic hydroxyl groups excluding tert-OH is 1. The molecule has 0 aromatic rings. The second-order valence-corrected chi connectivity index (χ2v) is 5.87. The molecule has 0 saturated carbocycles. The van der Waals surface area contributed by atoms with Crippen molar-refractivity contribution in [2.45, 2.75) is 33.7 Å². The molecule has 0 spiro atoms. The summed E-state index contributed by atoms with van der Waals surface area (Å²) >= 11 is 1.84. The fourth-order valence-electron chi connectivity index (χ4n) is 0.699. The van der Waals surface area contributed by atoms with Crippen molar-refractivity contribution in [2.75, 3.05) is 18.1 Å². The van der Waals surface area contributed by atoms with Crippen molar-refractivity contribution in [1.29, 1.82) is 0 Å². The summed E-state index contributed by atoms with van der Waals surface area (Å²) in [5.74, 6) is 2.37. The molecule has 0 bridgehead atoms. The van der Waals surface area contributed by atoms with E-state index in [4.69, 9.17) is 10.8 Å². The van der Waals surface area contributed by atoms with Crippen LogP contribution in [0.2, 0.25) is 0 Å². The van der Waals surface area contributed by atoms with Crippen LogP contribution in [0, 0.1) is 11.3 Å². The third-order valence-electron chi connectivity index (χ3n) is 2.12. The van der Waals surface area contributed by atoms with Gasteiger partial charge in [-0.2, -0.15) is 11.8 Å². The molecule has 2 unspecified atom stereocenters. The Bertz CT molecular complexity index is 133. The third-order valence-corrected chi connectivity index (χ3v) is 3.52. The lowest BCUT2D eigenvalue weighted by Crippen LogP contribution is -2.37. The van der Waals surface area contributed by atoms with Crippen LogP contribution >= 0.6 is 11.8 Å². The highest BCUT2D eigenvalue weighted by atomic mass is 32.2. The van der Waals surface area contributed by atoms with Crippen molar-refractivity contribution in [3.8, 4) is 0 Å². The van der Waals surface area contributed by atoms with Gasteiger partial charge in [-0.3, -0.25) is 0 Å². The molecule has 80 valence electrons. The van der Waals surface area contributed by atoms with E-state index in [0.29, 0.717) is 5.92 Å². The van der Waals surface area contributed by atoms with Gasteiger partial charge in [0.2, 0.25) is 0 Å². The summed E-state index contributed by atoms with van der Waals surface area (Å²) in [5, 5.41) is 8.82. The van der Waals surface area contributed by atoms with Gasteiger partial charge >= 0.3 is 0 Å². The van der Waals surface area contributed by atoms with Gasteiger partial charge in [0, 0.05) is 18.4 Å². The first-order valence-corrected chi connectivity index (χ1v) is 5.97. The van der Waals surface area contributed by atoms with E-state index in [1.807, 2.05) is 11.8 Å². The molecule has 0 radical (unpaired) electrons. The molecule has 0 fully saturated rings. The number of hydrogen-bond donors (Lipinski definition) is 2. The molecule has 13 heavy (non-hydrogen) atoms. The van der Waals surface area contributed by atoms with Gasteiger partial charge in [-0.1, -0.05) is 27.7 Å². The Balaban J connectivity index is 3.54. The highest BCUT2D eigenvalue weighted by Gasteiger charge is 2.20. The maximum absolute atomic E-state index is 8.82. The first kappa shape index (κ1) is 13.3. The van der Waals surface area contributed by atoms with Crippen molar-refractivity contribution in [3.63, 3.8) is 0 Å². The molecule has 0 saturated heterocycles. The zero-order valence-corrected chi connectivity index (χ0v) is 10.0. The minimum Gasteiger partial charge on any atom is -0.396 e. The SMILES string of the molecule is CC(CO)CSCC(N)C(C)(C)C. The van der Waals surface area contributed by atoms with Crippen LogP contribution in [0.3, 0.4) is 0 Å². The van der Waals surface area contributed by atoms with Gasteiger partial charge in [-0.05, 0) is 17.1 Å². The standard InChI is InChI=1S/C10H23NOS/c1-8(5-12)6-13-7-9(11)10(2,3)4/h8-9,12H,5-7,11H2,1-4H3. The minimum absolute atomic E-state index is 0.190. The molecule has 0 rings (SSSR count). The molecule has 0 heterocycles. The fraction of sp³-hybridized carbons (Fsp3) is 1.00. The highest BCUT2D eigenvalue weighted by Crippen LogP contribution is 2.21. The average Bonchev–Trinajstić information content (AvgIpc) is 2.02. The van der Waals surface area contributed by atoms with E-state index < -0.39 is 0 Å². The van der Waals surface area contributed by atoms with Crippen molar-refractivity contribution in [2.24, 2.45) is 17.1 Å². The Morgan fingerprint density at radius 3 is 2.23 bits per heavy atom. The summed E-state index contributed by atoms with van der Waals surface area (Å²) in [7, 11) is 0. The zero-order valence-electron chi connectivity index (χ0n) is 9.21. The third kappa shape index (κ3) is 6.36. The van der Waals surface area contributed by atoms with Crippen LogP contribution in [0.5, 0.6) is 0 Å². The van der Waals surface area contributed by atoms with Gasteiger partial charge in [0.15, 0.2) is 0 Å². The molecular formula is C10H23NOS. The van der Waals surface area contributed by atoms with Gasteiger partial charge in [-0.25, -0.2) is 0 Å². The largest absolute Gasteiger partial charge is 0.396 e. The lowest BCUT2D eigenvalue weighted by Gasteiger charge is -2.26. The quantitative estimate of drug-likeness (QED) is 0.718. The van der Waals surface area contributed by atoms with E-state index in [-0.39, 0.29) is 18.1 Å². The Kier molecular flexibility index (Phi) is 6.01. The molecule has 3 heteroatoms. The predicted molar refractivity (Wildman–Crippen MR) is 61.0 cm³/mol. The number of thioether (sulfide) groups is 1. The van der Waals surface area contributed by atoms with E-state index >= 15 is 0 Å². The summed E-state index contributed by atoms with van der Waals surface area (Å²) < 4.78 is 0. The number of hydrogen-bond acceptors (Lipinski definition) is 3. The molecule has 2 atom stereocenters. The van der Waals surface area contributed by atoms with E-state index in [1.165, 1.54) is 0 Å². The fourth-order valence-corrected chi connectivity index (χ4v) is 2.10. The van der Waals surface area contributed by atoms with Gasteiger partial charge < -0.3 is 10.8 Å². The van der Waals surface area contributed by atoms with Crippen LogP contribution in [-0.2, 0) is 0 Å². The smallest absolute Gasteiger partial charge is 0.0464 e. The molecule has 0 aromatic carbocycles. The van der Waals surface area contributed by atoms with Crippen molar-refractivity contribution >= 4 is 11.8 Å². The number of nitrogens with two attached hydrogens (primary N) is 1. The van der Waals surface area contributed by atoms with E-state index in [9.17, 15) is 0 Å². The van der Waals surface area contributed by atoms with Gasteiger partial charge in [-0.15, -0.1) is 0 Å². The summed E-state index contributed by atoms with van der Waals surface area (Å²) in [6, 6.07) is 0.239. The molecular weight excluding hydrogens is 182 g/mol. The molecule has 0 aliphatic heterocycles. The minimum atomic E-state index is 0.190. The first-order chi connectivity index (χ1) is 5.88. The topological polar surface area (TPSA) is 46.2 Å². The maximum Gasteiger partial charge on any atom is 0.0464 e. The summed E-state index contributed by atoms with van der Waals surface area (Å²) in [6.07, 6.45) is 0. The van der Waals surface area contributed by atoms with Crippen LogP contribution in [0.1, 0.15) is 27.7 Å². The van der Waals surface area contributed by atoms with E-state index in [1.54, 1.807) is 0 Å². The average molecular weight is 205 g/mol. The highest BCUT2D eigenvalue weighted by molar-refractivity contribution is 7.99. The number of aliphatic hydroxyl groups is 1. The van der Waals surface area contributed by atoms with Crippen LogP contribution in [0.25, 0.3) is 0 Å². The zero-order chi connectivity index (χ0) is 10.5. The molecule has 0 amide bonds. The Hall–Kier alpha value is 0.270. The molecule has 0 aliphatic rings. The Labute approximate surface area is 86.3 Å². The second kappa shape index (κ2) is 5.89. The Morgan fingerprint density at radius 1 is 1.31 bits per heavy atom. The maximum atomic E-state index is 8.82. The molecule has 0 aliphatic carbocycles. The summed E-state index contributed by atoms with van der Waals surface area (Å²) in [6.45, 7) is 8.81. The number of rotatable bonds is 5. The van der Waals surface area contributed by atoms with Gasteiger partial charge in [0.05, 0.1) is 0 Å². The Morgan fingerprint density at radius 2 is 1.85 bits per heavy atom. The molecule has 0 aromatic heterocycles. The molecule has 3 N–H and O–H groups in total.